The van der Waals surface area contributed by atoms with E-state index >= 15 is 0 Å². The lowest BCUT2D eigenvalue weighted by atomic mass is 10.3. The highest BCUT2D eigenvalue weighted by Crippen LogP contribution is 2.24. The zero-order valence-corrected chi connectivity index (χ0v) is 11.8. The number of hydrogen-bond acceptors (Lipinski definition) is 4. The van der Waals surface area contributed by atoms with E-state index in [4.69, 9.17) is 16.3 Å². The summed E-state index contributed by atoms with van der Waals surface area (Å²) in [4.78, 5) is 10.7. The Morgan fingerprint density at radius 1 is 1.21 bits per heavy atom. The van der Waals surface area contributed by atoms with Gasteiger partial charge in [-0.3, -0.25) is 0 Å². The topological polar surface area (TPSA) is 38.2 Å². The Morgan fingerprint density at radius 3 is 2.58 bits per heavy atom. The molecular weight excluding hydrogens is 262 g/mol. The minimum Gasteiger partial charge on any atom is -0.377 e. The summed E-state index contributed by atoms with van der Waals surface area (Å²) in [7, 11) is 1.61. The van der Waals surface area contributed by atoms with E-state index in [1.54, 1.807) is 13.2 Å². The molecule has 0 fully saturated rings. The number of halogens is 1. The van der Waals surface area contributed by atoms with E-state index in [-0.39, 0.29) is 0 Å². The summed E-state index contributed by atoms with van der Waals surface area (Å²) >= 11 is 6.04. The monoisotopic (exact) mass is 277 g/mol. The van der Waals surface area contributed by atoms with Crippen molar-refractivity contribution in [3.05, 3.63) is 47.4 Å². The van der Waals surface area contributed by atoms with Crippen LogP contribution in [0.25, 0.3) is 0 Å². The minimum atomic E-state index is 0.347. The molecule has 0 radical (unpaired) electrons. The molecule has 0 spiro atoms. The van der Waals surface area contributed by atoms with Gasteiger partial charge in [0.15, 0.2) is 5.82 Å². The average molecular weight is 278 g/mol. The molecule has 2 rings (SSSR count). The van der Waals surface area contributed by atoms with Crippen molar-refractivity contribution in [1.82, 2.24) is 9.97 Å². The Balaban J connectivity index is 2.38. The third kappa shape index (κ3) is 3.43. The van der Waals surface area contributed by atoms with Crippen molar-refractivity contribution in [2.75, 3.05) is 18.6 Å². The largest absolute Gasteiger partial charge is 0.377 e. The molecule has 0 aliphatic carbocycles. The fraction of sp³-hybridized carbons (Fsp3) is 0.286. The third-order valence-electron chi connectivity index (χ3n) is 2.66. The molecule has 0 bridgehead atoms. The molecule has 1 aromatic heterocycles. The van der Waals surface area contributed by atoms with Gasteiger partial charge in [0.05, 0.1) is 0 Å². The molecule has 0 unspecified atom stereocenters. The lowest BCUT2D eigenvalue weighted by molar-refractivity contribution is 0.178. The van der Waals surface area contributed by atoms with Gasteiger partial charge in [-0.2, -0.15) is 0 Å². The second-order valence-corrected chi connectivity index (χ2v) is 4.37. The number of rotatable bonds is 5. The molecule has 19 heavy (non-hydrogen) atoms. The number of methoxy groups -OCH3 is 1. The second-order valence-electron chi connectivity index (χ2n) is 3.98. The molecule has 0 saturated heterocycles. The summed E-state index contributed by atoms with van der Waals surface area (Å²) in [6.07, 6.45) is 0. The van der Waals surface area contributed by atoms with Crippen molar-refractivity contribution < 1.29 is 4.74 Å². The first-order chi connectivity index (χ1) is 9.24. The van der Waals surface area contributed by atoms with Crippen molar-refractivity contribution >= 4 is 23.1 Å². The zero-order valence-electron chi connectivity index (χ0n) is 11.0. The van der Waals surface area contributed by atoms with Crippen LogP contribution in [0.2, 0.25) is 5.15 Å². The van der Waals surface area contributed by atoms with E-state index in [1.807, 2.05) is 30.3 Å². The Labute approximate surface area is 118 Å². The predicted molar refractivity (Wildman–Crippen MR) is 76.9 cm³/mol. The fourth-order valence-corrected chi connectivity index (χ4v) is 2.06. The van der Waals surface area contributed by atoms with Crippen LogP contribution in [-0.4, -0.2) is 23.6 Å². The fourth-order valence-electron chi connectivity index (χ4n) is 1.87. The van der Waals surface area contributed by atoms with Crippen LogP contribution in [0.5, 0.6) is 0 Å². The predicted octanol–water partition coefficient (Wildman–Crippen LogP) is 3.43. The Hall–Kier alpha value is -1.65. The number of benzene rings is 1. The third-order valence-corrected chi connectivity index (χ3v) is 2.86. The maximum atomic E-state index is 6.04. The van der Waals surface area contributed by atoms with Crippen LogP contribution in [-0.2, 0) is 11.3 Å². The normalized spacial score (nSPS) is 10.5. The summed E-state index contributed by atoms with van der Waals surface area (Å²) in [6, 6.07) is 11.8. The standard InChI is InChI=1S/C14H16ClN3O/c1-3-18(11-7-5-4-6-8-11)14-9-12(15)16-13(17-14)10-19-2/h4-9H,3,10H2,1-2H3. The first kappa shape index (κ1) is 13.8. The van der Waals surface area contributed by atoms with Gasteiger partial charge in [0.25, 0.3) is 0 Å². The molecule has 5 heteroatoms. The van der Waals surface area contributed by atoms with Gasteiger partial charge in [0.2, 0.25) is 0 Å². The Morgan fingerprint density at radius 2 is 1.95 bits per heavy atom. The van der Waals surface area contributed by atoms with Gasteiger partial charge in [-0.05, 0) is 19.1 Å². The number of aromatic nitrogens is 2. The minimum absolute atomic E-state index is 0.347. The molecule has 2 aromatic rings. The smallest absolute Gasteiger partial charge is 0.158 e. The molecular formula is C14H16ClN3O. The molecule has 0 aliphatic rings. The quantitative estimate of drug-likeness (QED) is 0.785. The van der Waals surface area contributed by atoms with E-state index in [1.165, 1.54) is 0 Å². The second kappa shape index (κ2) is 6.50. The van der Waals surface area contributed by atoms with Crippen LogP contribution >= 0.6 is 11.6 Å². The van der Waals surface area contributed by atoms with Crippen molar-refractivity contribution in [1.29, 1.82) is 0 Å². The van der Waals surface area contributed by atoms with Gasteiger partial charge in [-0.1, -0.05) is 29.8 Å². The SMILES string of the molecule is CCN(c1ccccc1)c1cc(Cl)nc(COC)n1. The van der Waals surface area contributed by atoms with E-state index in [9.17, 15) is 0 Å². The molecule has 1 aromatic carbocycles. The molecule has 0 N–H and O–H groups in total. The molecule has 0 saturated carbocycles. The van der Waals surface area contributed by atoms with E-state index in [2.05, 4.69) is 21.8 Å². The maximum Gasteiger partial charge on any atom is 0.158 e. The lowest BCUT2D eigenvalue weighted by Gasteiger charge is -2.22. The Bertz CT molecular complexity index is 533. The molecule has 100 valence electrons. The number of ether oxygens (including phenoxy) is 1. The van der Waals surface area contributed by atoms with E-state index in [0.29, 0.717) is 17.6 Å². The summed E-state index contributed by atoms with van der Waals surface area (Å²) in [5.74, 6) is 1.36. The van der Waals surface area contributed by atoms with Crippen molar-refractivity contribution in [2.45, 2.75) is 13.5 Å². The van der Waals surface area contributed by atoms with Gasteiger partial charge in [0.1, 0.15) is 17.6 Å². The van der Waals surface area contributed by atoms with Gasteiger partial charge < -0.3 is 9.64 Å². The number of anilines is 2. The van der Waals surface area contributed by atoms with Crippen LogP contribution in [0.3, 0.4) is 0 Å². The van der Waals surface area contributed by atoms with Crippen LogP contribution in [0, 0.1) is 0 Å². The van der Waals surface area contributed by atoms with E-state index < -0.39 is 0 Å². The van der Waals surface area contributed by atoms with Crippen molar-refractivity contribution in [2.24, 2.45) is 0 Å². The van der Waals surface area contributed by atoms with Gasteiger partial charge >= 0.3 is 0 Å². The van der Waals surface area contributed by atoms with Crippen molar-refractivity contribution in [3.63, 3.8) is 0 Å². The highest BCUT2D eigenvalue weighted by molar-refractivity contribution is 6.29. The summed E-state index contributed by atoms with van der Waals surface area (Å²) in [5, 5.41) is 0.423. The van der Waals surface area contributed by atoms with Crippen molar-refractivity contribution in [3.8, 4) is 0 Å². The molecule has 0 atom stereocenters. The maximum absolute atomic E-state index is 6.04. The summed E-state index contributed by atoms with van der Waals surface area (Å²) in [6.45, 7) is 3.21. The van der Waals surface area contributed by atoms with E-state index in [0.717, 1.165) is 18.1 Å². The highest BCUT2D eigenvalue weighted by Gasteiger charge is 2.11. The summed E-state index contributed by atoms with van der Waals surface area (Å²) < 4.78 is 5.05. The molecule has 4 nitrogen and oxygen atoms in total. The van der Waals surface area contributed by atoms with Crippen LogP contribution < -0.4 is 4.90 Å². The number of para-hydroxylation sites is 1. The Kier molecular flexibility index (Phi) is 4.71. The first-order valence-electron chi connectivity index (χ1n) is 6.09. The molecule has 0 aliphatic heterocycles. The molecule has 0 amide bonds. The zero-order chi connectivity index (χ0) is 13.7. The summed E-state index contributed by atoms with van der Waals surface area (Å²) in [5.41, 5.74) is 1.07. The van der Waals surface area contributed by atoms with Gasteiger partial charge in [-0.15, -0.1) is 0 Å². The average Bonchev–Trinajstić information content (AvgIpc) is 2.40. The van der Waals surface area contributed by atoms with Crippen LogP contribution in [0.15, 0.2) is 36.4 Å². The van der Waals surface area contributed by atoms with Gasteiger partial charge in [0, 0.05) is 25.4 Å². The number of nitrogens with zero attached hydrogens (tertiary/aromatic N) is 3. The highest BCUT2D eigenvalue weighted by atomic mass is 35.5. The molecule has 1 heterocycles. The first-order valence-corrected chi connectivity index (χ1v) is 6.47. The lowest BCUT2D eigenvalue weighted by Crippen LogP contribution is -2.18. The van der Waals surface area contributed by atoms with Gasteiger partial charge in [-0.25, -0.2) is 9.97 Å². The van der Waals surface area contributed by atoms with Crippen LogP contribution in [0.1, 0.15) is 12.7 Å². The van der Waals surface area contributed by atoms with Crippen LogP contribution in [0.4, 0.5) is 11.5 Å². The number of hydrogen-bond donors (Lipinski definition) is 0.